The Hall–Kier alpha value is -2.49. The minimum Gasteiger partial charge on any atom is -0.406 e. The number of nitrogens with one attached hydrogen (secondary N) is 2. The number of benzene rings is 1. The summed E-state index contributed by atoms with van der Waals surface area (Å²) in [6.45, 7) is 4.63. The Bertz CT molecular complexity index is 823. The number of amides is 2. The molecule has 0 aromatic heterocycles. The fourth-order valence-electron chi connectivity index (χ4n) is 4.99. The summed E-state index contributed by atoms with van der Waals surface area (Å²) in [6.07, 6.45) is 2.32. The molecule has 0 radical (unpaired) electrons. The summed E-state index contributed by atoms with van der Waals surface area (Å²) in [5.74, 6) is -0.286. The molecule has 2 atom stereocenters. The van der Waals surface area contributed by atoms with Crippen molar-refractivity contribution in [1.82, 2.24) is 10.2 Å². The first kappa shape index (κ1) is 28.1. The summed E-state index contributed by atoms with van der Waals surface area (Å²) < 4.78 is 46.4. The monoisotopic (exact) mass is 513 g/mol. The molecule has 36 heavy (non-hydrogen) atoms. The molecule has 2 N–H and O–H groups in total. The maximum Gasteiger partial charge on any atom is 0.573 e. The van der Waals surface area contributed by atoms with Crippen LogP contribution in [0.1, 0.15) is 58.3 Å². The van der Waals surface area contributed by atoms with Gasteiger partial charge in [-0.3, -0.25) is 9.59 Å². The summed E-state index contributed by atoms with van der Waals surface area (Å²) in [7, 11) is 0. The van der Waals surface area contributed by atoms with E-state index >= 15 is 0 Å². The summed E-state index contributed by atoms with van der Waals surface area (Å²) in [4.78, 5) is 28.1. The summed E-state index contributed by atoms with van der Waals surface area (Å²) >= 11 is 0. The fraction of sp³-hybridized carbons (Fsp3) is 0.692. The topological polar surface area (TPSA) is 79.9 Å². The van der Waals surface area contributed by atoms with Crippen LogP contribution in [-0.4, -0.2) is 62.0 Å². The fourth-order valence-corrected chi connectivity index (χ4v) is 4.99. The highest BCUT2D eigenvalue weighted by atomic mass is 19.4. The van der Waals surface area contributed by atoms with Gasteiger partial charge in [-0.15, -0.1) is 13.2 Å². The molecule has 10 heteroatoms. The molecule has 1 aromatic rings. The number of nitrogens with zero attached hydrogens (tertiary/aromatic N) is 1. The van der Waals surface area contributed by atoms with Gasteiger partial charge in [0, 0.05) is 43.7 Å². The van der Waals surface area contributed by atoms with Crippen molar-refractivity contribution < 1.29 is 32.2 Å². The number of anilines is 1. The van der Waals surface area contributed by atoms with E-state index in [1.807, 2.05) is 6.92 Å². The van der Waals surface area contributed by atoms with Crippen LogP contribution in [0.5, 0.6) is 5.75 Å². The number of carbonyl (C=O) groups is 2. The Labute approximate surface area is 211 Å². The highest BCUT2D eigenvalue weighted by Crippen LogP contribution is 2.32. The van der Waals surface area contributed by atoms with Crippen molar-refractivity contribution in [2.24, 2.45) is 11.8 Å². The number of alkyl halides is 3. The van der Waals surface area contributed by atoms with Crippen molar-refractivity contribution in [2.75, 3.05) is 38.2 Å². The van der Waals surface area contributed by atoms with E-state index in [1.165, 1.54) is 37.1 Å². The Balaban J connectivity index is 1.58. The van der Waals surface area contributed by atoms with Gasteiger partial charge in [-0.1, -0.05) is 39.0 Å². The number of carbonyl (C=O) groups excluding carboxylic acids is 2. The Morgan fingerprint density at radius 3 is 2.42 bits per heavy atom. The third-order valence-corrected chi connectivity index (χ3v) is 6.87. The van der Waals surface area contributed by atoms with E-state index < -0.39 is 6.36 Å². The SMILES string of the molecule is CCCC(CNc1ccc(OC(F)(F)F)cc1)NC(=O)C(CC(=O)N1CCOCC1)CC1CCCC1. The zero-order valence-electron chi connectivity index (χ0n) is 20.9. The van der Waals surface area contributed by atoms with Crippen LogP contribution in [0.2, 0.25) is 0 Å². The Morgan fingerprint density at radius 2 is 1.81 bits per heavy atom. The third-order valence-electron chi connectivity index (χ3n) is 6.87. The van der Waals surface area contributed by atoms with Crippen LogP contribution in [0.4, 0.5) is 18.9 Å². The van der Waals surface area contributed by atoms with Crippen molar-refractivity contribution in [2.45, 2.75) is 70.7 Å². The molecule has 7 nitrogen and oxygen atoms in total. The minimum absolute atomic E-state index is 0.00257. The molecule has 0 spiro atoms. The molecular weight excluding hydrogens is 475 g/mol. The predicted octanol–water partition coefficient (Wildman–Crippen LogP) is 4.73. The highest BCUT2D eigenvalue weighted by Gasteiger charge is 2.32. The zero-order valence-corrected chi connectivity index (χ0v) is 20.9. The van der Waals surface area contributed by atoms with E-state index in [0.29, 0.717) is 44.5 Å². The molecule has 1 heterocycles. The lowest BCUT2D eigenvalue weighted by Crippen LogP contribution is -2.46. The van der Waals surface area contributed by atoms with Crippen LogP contribution in [0.25, 0.3) is 0 Å². The second-order valence-electron chi connectivity index (χ2n) is 9.73. The molecular formula is C26H38F3N3O4. The third kappa shape index (κ3) is 9.52. The van der Waals surface area contributed by atoms with Crippen LogP contribution < -0.4 is 15.4 Å². The predicted molar refractivity (Wildman–Crippen MR) is 131 cm³/mol. The lowest BCUT2D eigenvalue weighted by molar-refractivity contribution is -0.274. The van der Waals surface area contributed by atoms with Gasteiger partial charge in [0.2, 0.25) is 11.8 Å². The normalized spacial score (nSPS) is 18.5. The Morgan fingerprint density at radius 1 is 1.14 bits per heavy atom. The minimum atomic E-state index is -4.73. The second-order valence-corrected chi connectivity index (χ2v) is 9.73. The van der Waals surface area contributed by atoms with Crippen LogP contribution in [0, 0.1) is 11.8 Å². The first-order valence-corrected chi connectivity index (χ1v) is 13.0. The second kappa shape index (κ2) is 13.7. The number of rotatable bonds is 12. The Kier molecular flexibility index (Phi) is 10.7. The number of hydrogen-bond donors (Lipinski definition) is 2. The first-order valence-electron chi connectivity index (χ1n) is 13.0. The van der Waals surface area contributed by atoms with Gasteiger partial charge in [0.1, 0.15) is 5.75 Å². The van der Waals surface area contributed by atoms with Crippen LogP contribution in [-0.2, 0) is 14.3 Å². The molecule has 2 amide bonds. The lowest BCUT2D eigenvalue weighted by atomic mass is 9.89. The quantitative estimate of drug-likeness (QED) is 0.423. The van der Waals surface area contributed by atoms with Gasteiger partial charge in [-0.2, -0.15) is 0 Å². The lowest BCUT2D eigenvalue weighted by Gasteiger charge is -2.29. The van der Waals surface area contributed by atoms with E-state index in [4.69, 9.17) is 4.74 Å². The molecule has 1 aliphatic heterocycles. The van der Waals surface area contributed by atoms with Crippen LogP contribution in [0.15, 0.2) is 24.3 Å². The van der Waals surface area contributed by atoms with Crippen molar-refractivity contribution in [3.8, 4) is 5.75 Å². The van der Waals surface area contributed by atoms with Gasteiger partial charge in [-0.05, 0) is 43.0 Å². The van der Waals surface area contributed by atoms with Crippen molar-refractivity contribution >= 4 is 17.5 Å². The van der Waals surface area contributed by atoms with Gasteiger partial charge in [-0.25, -0.2) is 0 Å². The largest absolute Gasteiger partial charge is 0.573 e. The molecule has 1 saturated carbocycles. The van der Waals surface area contributed by atoms with Crippen molar-refractivity contribution in [1.29, 1.82) is 0 Å². The van der Waals surface area contributed by atoms with Crippen molar-refractivity contribution in [3.05, 3.63) is 24.3 Å². The average Bonchev–Trinajstić information content (AvgIpc) is 3.36. The summed E-state index contributed by atoms with van der Waals surface area (Å²) in [5.41, 5.74) is 0.630. The van der Waals surface area contributed by atoms with Gasteiger partial charge in [0.15, 0.2) is 0 Å². The van der Waals surface area contributed by atoms with Crippen molar-refractivity contribution in [3.63, 3.8) is 0 Å². The molecule has 1 saturated heterocycles. The van der Waals surface area contributed by atoms with Gasteiger partial charge >= 0.3 is 6.36 Å². The smallest absolute Gasteiger partial charge is 0.406 e. The molecule has 1 aromatic carbocycles. The van der Waals surface area contributed by atoms with E-state index in [2.05, 4.69) is 15.4 Å². The maximum atomic E-state index is 13.4. The molecule has 1 aliphatic carbocycles. The number of morpholine rings is 1. The maximum absolute atomic E-state index is 13.4. The van der Waals surface area contributed by atoms with Crippen LogP contribution in [0.3, 0.4) is 0 Å². The standard InChI is InChI=1S/C26H38F3N3O4/c1-2-5-22(18-30-21-8-10-23(11-9-21)36-26(27,28)29)31-25(34)20(16-19-6-3-4-7-19)17-24(33)32-12-14-35-15-13-32/h8-11,19-20,22,30H,2-7,12-18H2,1H3,(H,31,34). The molecule has 2 fully saturated rings. The highest BCUT2D eigenvalue weighted by molar-refractivity contribution is 5.86. The van der Waals surface area contributed by atoms with Crippen LogP contribution >= 0.6 is 0 Å². The summed E-state index contributed by atoms with van der Waals surface area (Å²) in [5, 5.41) is 6.33. The molecule has 3 rings (SSSR count). The summed E-state index contributed by atoms with van der Waals surface area (Å²) in [6, 6.07) is 5.35. The van der Waals surface area contributed by atoms with E-state index in [0.717, 1.165) is 32.1 Å². The van der Waals surface area contributed by atoms with E-state index in [1.54, 1.807) is 4.90 Å². The molecule has 202 valence electrons. The van der Waals surface area contributed by atoms with Gasteiger partial charge in [0.05, 0.1) is 13.2 Å². The molecule has 0 bridgehead atoms. The van der Waals surface area contributed by atoms with E-state index in [9.17, 15) is 22.8 Å². The van der Waals surface area contributed by atoms with Gasteiger partial charge < -0.3 is 25.0 Å². The molecule has 2 unspecified atom stereocenters. The number of halogens is 3. The first-order chi connectivity index (χ1) is 17.2. The average molecular weight is 514 g/mol. The molecule has 2 aliphatic rings. The number of ether oxygens (including phenoxy) is 2. The van der Waals surface area contributed by atoms with Gasteiger partial charge in [0.25, 0.3) is 0 Å². The van der Waals surface area contributed by atoms with E-state index in [-0.39, 0.29) is 35.9 Å². The number of hydrogen-bond acceptors (Lipinski definition) is 5. The zero-order chi connectivity index (χ0) is 26.0.